The summed E-state index contributed by atoms with van der Waals surface area (Å²) in [6, 6.07) is -0.163. The molecule has 1 saturated carbocycles. The number of hydrogen-bond acceptors (Lipinski definition) is 3. The van der Waals surface area contributed by atoms with Crippen LogP contribution in [0.5, 0.6) is 0 Å². The number of amides is 1. The van der Waals surface area contributed by atoms with Crippen LogP contribution in [0.3, 0.4) is 0 Å². The van der Waals surface area contributed by atoms with Crippen LogP contribution in [0.15, 0.2) is 0 Å². The standard InChI is InChI=1S/C10H20N2O2/c1-3-8(6-13)12-9(14)10(2,11)7-4-5-7/h7-8,13H,3-6,11H2,1-2H3,(H,12,14)/t8-,10?/m0/s1. The lowest BCUT2D eigenvalue weighted by molar-refractivity contribution is -0.127. The highest BCUT2D eigenvalue weighted by molar-refractivity contribution is 5.86. The minimum absolute atomic E-state index is 0.0248. The fourth-order valence-electron chi connectivity index (χ4n) is 1.49. The molecular weight excluding hydrogens is 180 g/mol. The van der Waals surface area contributed by atoms with E-state index in [1.54, 1.807) is 6.92 Å². The SMILES string of the molecule is CC[C@@H](CO)NC(=O)C(C)(N)C1CC1. The smallest absolute Gasteiger partial charge is 0.240 e. The van der Waals surface area contributed by atoms with Crippen molar-refractivity contribution in [3.05, 3.63) is 0 Å². The van der Waals surface area contributed by atoms with Crippen molar-refractivity contribution < 1.29 is 9.90 Å². The summed E-state index contributed by atoms with van der Waals surface area (Å²) in [4.78, 5) is 11.7. The van der Waals surface area contributed by atoms with E-state index in [-0.39, 0.29) is 18.6 Å². The van der Waals surface area contributed by atoms with Crippen LogP contribution in [0.4, 0.5) is 0 Å². The Morgan fingerprint density at radius 1 is 1.71 bits per heavy atom. The molecular formula is C10H20N2O2. The van der Waals surface area contributed by atoms with Gasteiger partial charge in [0.05, 0.1) is 18.2 Å². The Morgan fingerprint density at radius 3 is 2.64 bits per heavy atom. The zero-order chi connectivity index (χ0) is 10.8. The molecule has 0 radical (unpaired) electrons. The van der Waals surface area contributed by atoms with E-state index < -0.39 is 5.54 Å². The van der Waals surface area contributed by atoms with Crippen LogP contribution >= 0.6 is 0 Å². The molecule has 1 aliphatic rings. The summed E-state index contributed by atoms with van der Waals surface area (Å²) in [6.07, 6.45) is 2.80. The molecule has 0 aromatic rings. The molecule has 1 unspecified atom stereocenters. The number of carbonyl (C=O) groups excluding carboxylic acids is 1. The summed E-state index contributed by atoms with van der Waals surface area (Å²) in [5.41, 5.74) is 5.17. The second kappa shape index (κ2) is 4.28. The van der Waals surface area contributed by atoms with Crippen molar-refractivity contribution in [2.75, 3.05) is 6.61 Å². The van der Waals surface area contributed by atoms with Gasteiger partial charge in [-0.3, -0.25) is 4.79 Å². The summed E-state index contributed by atoms with van der Waals surface area (Å²) < 4.78 is 0. The lowest BCUT2D eigenvalue weighted by Gasteiger charge is -2.26. The maximum Gasteiger partial charge on any atom is 0.240 e. The van der Waals surface area contributed by atoms with E-state index in [4.69, 9.17) is 10.8 Å². The van der Waals surface area contributed by atoms with Gasteiger partial charge in [0.25, 0.3) is 0 Å². The van der Waals surface area contributed by atoms with Gasteiger partial charge in [0.2, 0.25) is 5.91 Å². The minimum atomic E-state index is -0.761. The number of nitrogens with two attached hydrogens (primary N) is 1. The van der Waals surface area contributed by atoms with Gasteiger partial charge in [0.1, 0.15) is 0 Å². The summed E-state index contributed by atoms with van der Waals surface area (Å²) >= 11 is 0. The van der Waals surface area contributed by atoms with Gasteiger partial charge in [0, 0.05) is 0 Å². The van der Waals surface area contributed by atoms with Crippen molar-refractivity contribution in [3.8, 4) is 0 Å². The van der Waals surface area contributed by atoms with Gasteiger partial charge in [-0.15, -0.1) is 0 Å². The third-order valence-electron chi connectivity index (χ3n) is 2.96. The average Bonchev–Trinajstić information content (AvgIpc) is 2.96. The molecule has 14 heavy (non-hydrogen) atoms. The molecule has 2 atom stereocenters. The largest absolute Gasteiger partial charge is 0.394 e. The van der Waals surface area contributed by atoms with Gasteiger partial charge in [-0.1, -0.05) is 6.92 Å². The normalized spacial score (nSPS) is 22.6. The Kier molecular flexibility index (Phi) is 3.50. The zero-order valence-corrected chi connectivity index (χ0v) is 8.92. The minimum Gasteiger partial charge on any atom is -0.394 e. The van der Waals surface area contributed by atoms with E-state index in [0.717, 1.165) is 19.3 Å². The number of aliphatic hydroxyl groups excluding tert-OH is 1. The second-order valence-corrected chi connectivity index (χ2v) is 4.32. The van der Waals surface area contributed by atoms with Crippen molar-refractivity contribution in [3.63, 3.8) is 0 Å². The first-order valence-electron chi connectivity index (χ1n) is 5.23. The molecule has 4 heteroatoms. The Morgan fingerprint density at radius 2 is 2.29 bits per heavy atom. The first kappa shape index (κ1) is 11.5. The van der Waals surface area contributed by atoms with Gasteiger partial charge in [-0.05, 0) is 32.1 Å². The summed E-state index contributed by atoms with van der Waals surface area (Å²) in [5, 5.41) is 11.7. The molecule has 82 valence electrons. The quantitative estimate of drug-likeness (QED) is 0.585. The van der Waals surface area contributed by atoms with Crippen molar-refractivity contribution in [1.82, 2.24) is 5.32 Å². The molecule has 0 bridgehead atoms. The van der Waals surface area contributed by atoms with Crippen LogP contribution in [0, 0.1) is 5.92 Å². The number of nitrogens with one attached hydrogen (secondary N) is 1. The molecule has 0 spiro atoms. The maximum absolute atomic E-state index is 11.7. The van der Waals surface area contributed by atoms with Crippen molar-refractivity contribution in [1.29, 1.82) is 0 Å². The number of rotatable bonds is 5. The van der Waals surface area contributed by atoms with Crippen LogP contribution in [0.25, 0.3) is 0 Å². The topological polar surface area (TPSA) is 75.3 Å². The molecule has 1 aliphatic carbocycles. The summed E-state index contributed by atoms with van der Waals surface area (Å²) in [6.45, 7) is 3.67. The molecule has 0 aliphatic heterocycles. The van der Waals surface area contributed by atoms with E-state index in [2.05, 4.69) is 5.32 Å². The fraction of sp³-hybridized carbons (Fsp3) is 0.900. The van der Waals surface area contributed by atoms with Crippen LogP contribution in [0.1, 0.15) is 33.1 Å². The van der Waals surface area contributed by atoms with Crippen molar-refractivity contribution in [2.45, 2.75) is 44.7 Å². The molecule has 0 aromatic carbocycles. The zero-order valence-electron chi connectivity index (χ0n) is 8.92. The van der Waals surface area contributed by atoms with Gasteiger partial charge >= 0.3 is 0 Å². The van der Waals surface area contributed by atoms with E-state index in [1.165, 1.54) is 0 Å². The predicted octanol–water partition coefficient (Wildman–Crippen LogP) is 0.000900. The summed E-state index contributed by atoms with van der Waals surface area (Å²) in [7, 11) is 0. The Balaban J connectivity index is 2.47. The Labute approximate surface area is 84.9 Å². The lowest BCUT2D eigenvalue weighted by atomic mass is 9.95. The third kappa shape index (κ3) is 2.45. The lowest BCUT2D eigenvalue weighted by Crippen LogP contribution is -2.56. The molecule has 1 rings (SSSR count). The highest BCUT2D eigenvalue weighted by Crippen LogP contribution is 2.38. The monoisotopic (exact) mass is 200 g/mol. The fourth-order valence-corrected chi connectivity index (χ4v) is 1.49. The number of aliphatic hydroxyl groups is 1. The van der Waals surface area contributed by atoms with Gasteiger partial charge in [-0.2, -0.15) is 0 Å². The number of carbonyl (C=O) groups is 1. The molecule has 1 fully saturated rings. The van der Waals surface area contributed by atoms with Crippen LogP contribution in [0.2, 0.25) is 0 Å². The number of hydrogen-bond donors (Lipinski definition) is 3. The predicted molar refractivity (Wildman–Crippen MR) is 54.6 cm³/mol. The van der Waals surface area contributed by atoms with Crippen LogP contribution < -0.4 is 11.1 Å². The molecule has 1 amide bonds. The average molecular weight is 200 g/mol. The van der Waals surface area contributed by atoms with E-state index >= 15 is 0 Å². The first-order chi connectivity index (χ1) is 6.52. The van der Waals surface area contributed by atoms with Gasteiger partial charge in [0.15, 0.2) is 0 Å². The summed E-state index contributed by atoms with van der Waals surface area (Å²) in [5.74, 6) is 0.180. The van der Waals surface area contributed by atoms with E-state index in [0.29, 0.717) is 5.92 Å². The van der Waals surface area contributed by atoms with Crippen LogP contribution in [-0.2, 0) is 4.79 Å². The molecule has 4 N–H and O–H groups in total. The first-order valence-corrected chi connectivity index (χ1v) is 5.23. The molecule has 4 nitrogen and oxygen atoms in total. The Hall–Kier alpha value is -0.610. The molecule has 0 saturated heterocycles. The van der Waals surface area contributed by atoms with Crippen molar-refractivity contribution >= 4 is 5.91 Å². The maximum atomic E-state index is 11.7. The van der Waals surface area contributed by atoms with Gasteiger partial charge in [-0.25, -0.2) is 0 Å². The third-order valence-corrected chi connectivity index (χ3v) is 2.96. The van der Waals surface area contributed by atoms with Gasteiger partial charge < -0.3 is 16.2 Å². The highest BCUT2D eigenvalue weighted by atomic mass is 16.3. The molecule has 0 heterocycles. The van der Waals surface area contributed by atoms with Crippen molar-refractivity contribution in [2.24, 2.45) is 11.7 Å². The molecule has 0 aromatic heterocycles. The van der Waals surface area contributed by atoms with Crippen LogP contribution in [-0.4, -0.2) is 29.2 Å². The Bertz CT molecular complexity index is 208. The van der Waals surface area contributed by atoms with E-state index in [1.807, 2.05) is 6.92 Å². The second-order valence-electron chi connectivity index (χ2n) is 4.32. The highest BCUT2D eigenvalue weighted by Gasteiger charge is 2.44. The van der Waals surface area contributed by atoms with E-state index in [9.17, 15) is 4.79 Å².